The standard InChI is InChI=1S/C11H14N2OS/c1-2-3-4-5-9-6-7-10(15-9)11-13-12-8-14-11/h6-8H,2-5H2,1H3. The van der Waals surface area contributed by atoms with Crippen molar-refractivity contribution in [3.63, 3.8) is 0 Å². The molecule has 80 valence electrons. The molecule has 0 fully saturated rings. The number of hydrogen-bond donors (Lipinski definition) is 0. The van der Waals surface area contributed by atoms with Crippen LogP contribution in [0.1, 0.15) is 31.1 Å². The van der Waals surface area contributed by atoms with Crippen molar-refractivity contribution in [1.82, 2.24) is 10.2 Å². The second kappa shape index (κ2) is 5.07. The Morgan fingerprint density at radius 2 is 2.27 bits per heavy atom. The minimum Gasteiger partial charge on any atom is -0.423 e. The molecule has 0 saturated carbocycles. The van der Waals surface area contributed by atoms with Gasteiger partial charge in [-0.2, -0.15) is 0 Å². The molecule has 0 unspecified atom stereocenters. The fraction of sp³-hybridized carbons (Fsp3) is 0.455. The van der Waals surface area contributed by atoms with Crippen LogP contribution in [0.2, 0.25) is 0 Å². The van der Waals surface area contributed by atoms with Gasteiger partial charge in [-0.25, -0.2) is 0 Å². The minimum absolute atomic E-state index is 0.627. The van der Waals surface area contributed by atoms with Gasteiger partial charge in [-0.1, -0.05) is 19.8 Å². The Kier molecular flexibility index (Phi) is 3.50. The van der Waals surface area contributed by atoms with E-state index in [4.69, 9.17) is 4.42 Å². The highest BCUT2D eigenvalue weighted by molar-refractivity contribution is 7.15. The molecular formula is C11H14N2OS. The van der Waals surface area contributed by atoms with Crippen LogP contribution < -0.4 is 0 Å². The van der Waals surface area contributed by atoms with E-state index in [0.717, 1.165) is 11.3 Å². The maximum atomic E-state index is 5.15. The van der Waals surface area contributed by atoms with E-state index in [1.807, 2.05) is 0 Å². The molecular weight excluding hydrogens is 208 g/mol. The van der Waals surface area contributed by atoms with E-state index in [2.05, 4.69) is 29.3 Å². The minimum atomic E-state index is 0.627. The first-order chi connectivity index (χ1) is 7.40. The Hall–Kier alpha value is -1.16. The highest BCUT2D eigenvalue weighted by Gasteiger charge is 2.06. The molecule has 0 aliphatic heterocycles. The molecule has 2 aromatic rings. The Morgan fingerprint density at radius 1 is 1.33 bits per heavy atom. The van der Waals surface area contributed by atoms with Crippen LogP contribution >= 0.6 is 11.3 Å². The second-order valence-corrected chi connectivity index (χ2v) is 4.64. The molecule has 0 N–H and O–H groups in total. The van der Waals surface area contributed by atoms with Gasteiger partial charge in [-0.15, -0.1) is 21.5 Å². The van der Waals surface area contributed by atoms with Crippen molar-refractivity contribution >= 4 is 11.3 Å². The van der Waals surface area contributed by atoms with Gasteiger partial charge < -0.3 is 4.42 Å². The Labute approximate surface area is 93.2 Å². The smallest absolute Gasteiger partial charge is 0.257 e. The molecule has 0 radical (unpaired) electrons. The Morgan fingerprint density at radius 3 is 3.00 bits per heavy atom. The number of rotatable bonds is 5. The van der Waals surface area contributed by atoms with E-state index in [1.54, 1.807) is 11.3 Å². The summed E-state index contributed by atoms with van der Waals surface area (Å²) in [4.78, 5) is 2.47. The molecule has 0 bridgehead atoms. The molecule has 0 aromatic carbocycles. The van der Waals surface area contributed by atoms with Crippen molar-refractivity contribution in [2.24, 2.45) is 0 Å². The Balaban J connectivity index is 1.98. The quantitative estimate of drug-likeness (QED) is 0.726. The summed E-state index contributed by atoms with van der Waals surface area (Å²) in [7, 11) is 0. The lowest BCUT2D eigenvalue weighted by molar-refractivity contribution is 0.570. The second-order valence-electron chi connectivity index (χ2n) is 3.47. The zero-order valence-corrected chi connectivity index (χ0v) is 9.59. The van der Waals surface area contributed by atoms with Gasteiger partial charge in [0.25, 0.3) is 5.89 Å². The van der Waals surface area contributed by atoms with Crippen molar-refractivity contribution in [2.75, 3.05) is 0 Å². The first-order valence-corrected chi connectivity index (χ1v) is 6.07. The fourth-order valence-electron chi connectivity index (χ4n) is 1.46. The van der Waals surface area contributed by atoms with Crippen LogP contribution in [0, 0.1) is 0 Å². The molecule has 0 aliphatic rings. The highest BCUT2D eigenvalue weighted by atomic mass is 32.1. The normalized spacial score (nSPS) is 10.7. The number of nitrogens with zero attached hydrogens (tertiary/aromatic N) is 2. The van der Waals surface area contributed by atoms with Crippen LogP contribution in [0.25, 0.3) is 10.8 Å². The number of aryl methyl sites for hydroxylation is 1. The molecule has 2 rings (SSSR count). The summed E-state index contributed by atoms with van der Waals surface area (Å²) in [5.74, 6) is 0.627. The largest absolute Gasteiger partial charge is 0.423 e. The van der Waals surface area contributed by atoms with Gasteiger partial charge in [0, 0.05) is 4.88 Å². The van der Waals surface area contributed by atoms with Crippen molar-refractivity contribution in [3.8, 4) is 10.8 Å². The number of unbranched alkanes of at least 4 members (excludes halogenated alkanes) is 2. The molecule has 0 spiro atoms. The lowest BCUT2D eigenvalue weighted by Gasteiger charge is -1.94. The summed E-state index contributed by atoms with van der Waals surface area (Å²) < 4.78 is 5.15. The molecule has 2 heterocycles. The monoisotopic (exact) mass is 222 g/mol. The van der Waals surface area contributed by atoms with Crippen LogP contribution in [-0.4, -0.2) is 10.2 Å². The summed E-state index contributed by atoms with van der Waals surface area (Å²) in [5, 5.41) is 7.56. The molecule has 0 atom stereocenters. The maximum Gasteiger partial charge on any atom is 0.257 e. The number of hydrogen-bond acceptors (Lipinski definition) is 4. The van der Waals surface area contributed by atoms with Crippen LogP contribution in [-0.2, 0) is 6.42 Å². The summed E-state index contributed by atoms with van der Waals surface area (Å²) in [6.07, 6.45) is 6.36. The third kappa shape index (κ3) is 2.65. The highest BCUT2D eigenvalue weighted by Crippen LogP contribution is 2.27. The zero-order valence-electron chi connectivity index (χ0n) is 8.77. The van der Waals surface area contributed by atoms with Gasteiger partial charge in [0.05, 0.1) is 4.88 Å². The molecule has 0 amide bonds. The van der Waals surface area contributed by atoms with Crippen LogP contribution in [0.4, 0.5) is 0 Å². The average Bonchev–Trinajstić information content (AvgIpc) is 2.87. The van der Waals surface area contributed by atoms with Gasteiger partial charge in [0.15, 0.2) is 0 Å². The summed E-state index contributed by atoms with van der Waals surface area (Å²) in [5.41, 5.74) is 0. The lowest BCUT2D eigenvalue weighted by atomic mass is 10.2. The first kappa shape index (κ1) is 10.4. The van der Waals surface area contributed by atoms with Crippen molar-refractivity contribution in [1.29, 1.82) is 0 Å². The van der Waals surface area contributed by atoms with Gasteiger partial charge in [0.2, 0.25) is 6.39 Å². The van der Waals surface area contributed by atoms with Crippen LogP contribution in [0.15, 0.2) is 22.9 Å². The molecule has 3 nitrogen and oxygen atoms in total. The van der Waals surface area contributed by atoms with E-state index in [-0.39, 0.29) is 0 Å². The predicted molar refractivity (Wildman–Crippen MR) is 60.8 cm³/mol. The van der Waals surface area contributed by atoms with E-state index in [0.29, 0.717) is 5.89 Å². The van der Waals surface area contributed by atoms with Crippen molar-refractivity contribution in [3.05, 3.63) is 23.4 Å². The third-order valence-corrected chi connectivity index (χ3v) is 3.39. The number of thiophene rings is 1. The van der Waals surface area contributed by atoms with E-state index < -0.39 is 0 Å². The molecule has 4 heteroatoms. The summed E-state index contributed by atoms with van der Waals surface area (Å²) in [6.45, 7) is 2.22. The van der Waals surface area contributed by atoms with Crippen LogP contribution in [0.5, 0.6) is 0 Å². The maximum absolute atomic E-state index is 5.15. The molecule has 0 saturated heterocycles. The predicted octanol–water partition coefficient (Wildman–Crippen LogP) is 3.53. The third-order valence-electron chi connectivity index (χ3n) is 2.26. The number of aromatic nitrogens is 2. The molecule has 2 aromatic heterocycles. The first-order valence-electron chi connectivity index (χ1n) is 5.25. The average molecular weight is 222 g/mol. The summed E-state index contributed by atoms with van der Waals surface area (Å²) >= 11 is 1.74. The van der Waals surface area contributed by atoms with Crippen molar-refractivity contribution in [2.45, 2.75) is 32.6 Å². The van der Waals surface area contributed by atoms with Gasteiger partial charge >= 0.3 is 0 Å². The topological polar surface area (TPSA) is 38.9 Å². The SMILES string of the molecule is CCCCCc1ccc(-c2nnco2)s1. The van der Waals surface area contributed by atoms with Crippen LogP contribution in [0.3, 0.4) is 0 Å². The zero-order chi connectivity index (χ0) is 10.5. The van der Waals surface area contributed by atoms with Gasteiger partial charge in [-0.05, 0) is 25.0 Å². The van der Waals surface area contributed by atoms with Crippen molar-refractivity contribution < 1.29 is 4.42 Å². The molecule has 0 aliphatic carbocycles. The Bertz CT molecular complexity index is 394. The van der Waals surface area contributed by atoms with Gasteiger partial charge in [-0.3, -0.25) is 0 Å². The fourth-order valence-corrected chi connectivity index (χ4v) is 2.43. The summed E-state index contributed by atoms with van der Waals surface area (Å²) in [6, 6.07) is 4.21. The van der Waals surface area contributed by atoms with Gasteiger partial charge in [0.1, 0.15) is 0 Å². The molecule has 15 heavy (non-hydrogen) atoms. The van der Waals surface area contributed by atoms with E-state index in [9.17, 15) is 0 Å². The van der Waals surface area contributed by atoms with E-state index in [1.165, 1.54) is 30.5 Å². The van der Waals surface area contributed by atoms with E-state index >= 15 is 0 Å². The lowest BCUT2D eigenvalue weighted by Crippen LogP contribution is -1.78.